The van der Waals surface area contributed by atoms with Gasteiger partial charge in [-0.3, -0.25) is 4.57 Å². The number of rotatable bonds is 9. The lowest BCUT2D eigenvalue weighted by Crippen LogP contribution is -2.38. The van der Waals surface area contributed by atoms with Crippen molar-refractivity contribution in [3.63, 3.8) is 0 Å². The number of thioether (sulfide) groups is 1. The van der Waals surface area contributed by atoms with Crippen molar-refractivity contribution in [3.05, 3.63) is 0 Å². The first-order valence-electron chi connectivity index (χ1n) is 8.07. The van der Waals surface area contributed by atoms with Crippen LogP contribution < -0.4 is 4.90 Å². The summed E-state index contributed by atoms with van der Waals surface area (Å²) in [5.41, 5.74) is 0. The predicted octanol–water partition coefficient (Wildman–Crippen LogP) is 2.32. The summed E-state index contributed by atoms with van der Waals surface area (Å²) in [5.74, 6) is 0.947. The summed E-state index contributed by atoms with van der Waals surface area (Å²) in [6, 6.07) is 0. The van der Waals surface area contributed by atoms with Crippen LogP contribution in [0.2, 0.25) is 0 Å². The number of anilines is 1. The molecule has 1 aliphatic rings. The average molecular weight is 368 g/mol. The minimum Gasteiger partial charge on any atom is -0.396 e. The van der Waals surface area contributed by atoms with Crippen molar-refractivity contribution in [3.8, 4) is 0 Å². The topological polar surface area (TPSA) is 63.4 Å². The largest absolute Gasteiger partial charge is 0.406 e. The molecule has 2 heterocycles. The summed E-state index contributed by atoms with van der Waals surface area (Å²) in [7, 11) is 0. The van der Waals surface area contributed by atoms with Gasteiger partial charge in [-0.25, -0.2) is 0 Å². The van der Waals surface area contributed by atoms with Crippen LogP contribution in [0.15, 0.2) is 5.16 Å². The SMILES string of the molecule is OCCCCCCSc1nnc(N2CCOCC2)n1CC(F)(F)F. The van der Waals surface area contributed by atoms with Crippen LogP contribution in [0.3, 0.4) is 0 Å². The monoisotopic (exact) mass is 368 g/mol. The zero-order valence-corrected chi connectivity index (χ0v) is 14.3. The summed E-state index contributed by atoms with van der Waals surface area (Å²) < 4.78 is 45.2. The van der Waals surface area contributed by atoms with Crippen LogP contribution in [0.4, 0.5) is 19.1 Å². The molecular formula is C14H23F3N4O2S. The summed E-state index contributed by atoms with van der Waals surface area (Å²) in [6.07, 6.45) is -0.824. The zero-order chi connectivity index (χ0) is 17.4. The Morgan fingerprint density at radius 2 is 1.79 bits per heavy atom. The first kappa shape index (κ1) is 19.3. The molecule has 0 spiro atoms. The minimum absolute atomic E-state index is 0.177. The lowest BCUT2D eigenvalue weighted by atomic mass is 10.2. The second kappa shape index (κ2) is 9.47. The van der Waals surface area contributed by atoms with E-state index in [1.54, 1.807) is 4.90 Å². The maximum absolute atomic E-state index is 12.9. The Balaban J connectivity index is 1.99. The van der Waals surface area contributed by atoms with E-state index in [4.69, 9.17) is 9.84 Å². The molecule has 0 radical (unpaired) electrons. The normalized spacial score (nSPS) is 15.9. The van der Waals surface area contributed by atoms with E-state index in [0.29, 0.717) is 37.2 Å². The Hall–Kier alpha value is -1.00. The molecule has 0 aromatic carbocycles. The maximum Gasteiger partial charge on any atom is 0.406 e. The van der Waals surface area contributed by atoms with E-state index in [-0.39, 0.29) is 12.6 Å². The van der Waals surface area contributed by atoms with Gasteiger partial charge in [0.1, 0.15) is 6.54 Å². The Labute approximate surface area is 143 Å². The molecule has 138 valence electrons. The van der Waals surface area contributed by atoms with E-state index < -0.39 is 12.7 Å². The first-order valence-corrected chi connectivity index (χ1v) is 9.06. The zero-order valence-electron chi connectivity index (χ0n) is 13.5. The summed E-state index contributed by atoms with van der Waals surface area (Å²) in [5, 5.41) is 17.0. The highest BCUT2D eigenvalue weighted by Crippen LogP contribution is 2.28. The number of nitrogens with zero attached hydrogens (tertiary/aromatic N) is 4. The lowest BCUT2D eigenvalue weighted by Gasteiger charge is -2.28. The number of hydrogen-bond donors (Lipinski definition) is 1. The molecular weight excluding hydrogens is 345 g/mol. The van der Waals surface area contributed by atoms with Crippen LogP contribution in [0.5, 0.6) is 0 Å². The number of halogens is 3. The third kappa shape index (κ3) is 6.14. The molecule has 0 amide bonds. The van der Waals surface area contributed by atoms with Gasteiger partial charge in [0.2, 0.25) is 5.95 Å². The van der Waals surface area contributed by atoms with Gasteiger partial charge in [-0.2, -0.15) is 13.2 Å². The number of aliphatic hydroxyl groups excluding tert-OH is 1. The number of ether oxygens (including phenoxy) is 1. The number of morpholine rings is 1. The van der Waals surface area contributed by atoms with Gasteiger partial charge in [0.05, 0.1) is 13.2 Å². The number of unbranched alkanes of at least 4 members (excludes halogenated alkanes) is 3. The highest BCUT2D eigenvalue weighted by atomic mass is 32.2. The van der Waals surface area contributed by atoms with Gasteiger partial charge >= 0.3 is 6.18 Å². The number of hydrogen-bond acceptors (Lipinski definition) is 6. The van der Waals surface area contributed by atoms with Crippen molar-refractivity contribution in [2.24, 2.45) is 0 Å². The van der Waals surface area contributed by atoms with E-state index in [1.807, 2.05) is 0 Å². The van der Waals surface area contributed by atoms with Gasteiger partial charge in [-0.15, -0.1) is 10.2 Å². The maximum atomic E-state index is 12.9. The Morgan fingerprint density at radius 3 is 2.46 bits per heavy atom. The van der Waals surface area contributed by atoms with Crippen LogP contribution >= 0.6 is 11.8 Å². The molecule has 6 nitrogen and oxygen atoms in total. The molecule has 1 aliphatic heterocycles. The van der Waals surface area contributed by atoms with Gasteiger partial charge in [0, 0.05) is 25.4 Å². The molecule has 0 saturated carbocycles. The fraction of sp³-hybridized carbons (Fsp3) is 0.857. The van der Waals surface area contributed by atoms with Crippen molar-refractivity contribution in [2.75, 3.05) is 43.6 Å². The van der Waals surface area contributed by atoms with Crippen LogP contribution in [0.1, 0.15) is 25.7 Å². The molecule has 1 aromatic rings. The minimum atomic E-state index is -4.32. The van der Waals surface area contributed by atoms with E-state index in [9.17, 15) is 13.2 Å². The highest BCUT2D eigenvalue weighted by molar-refractivity contribution is 7.99. The first-order chi connectivity index (χ1) is 11.5. The molecule has 0 unspecified atom stereocenters. The molecule has 1 saturated heterocycles. The number of aromatic nitrogens is 3. The molecule has 24 heavy (non-hydrogen) atoms. The van der Waals surface area contributed by atoms with Crippen molar-refractivity contribution in [2.45, 2.75) is 43.6 Å². The van der Waals surface area contributed by atoms with Gasteiger partial charge in [-0.05, 0) is 12.8 Å². The Morgan fingerprint density at radius 1 is 1.08 bits per heavy atom. The summed E-state index contributed by atoms with van der Waals surface area (Å²) >= 11 is 1.30. The van der Waals surface area contributed by atoms with E-state index in [0.717, 1.165) is 30.3 Å². The van der Waals surface area contributed by atoms with Crippen molar-refractivity contribution >= 4 is 17.7 Å². The highest BCUT2D eigenvalue weighted by Gasteiger charge is 2.32. The molecule has 1 fully saturated rings. The lowest BCUT2D eigenvalue weighted by molar-refractivity contribution is -0.141. The molecule has 2 rings (SSSR count). The average Bonchev–Trinajstić information content (AvgIpc) is 2.92. The second-order valence-corrected chi connectivity index (χ2v) is 6.63. The standard InChI is InChI=1S/C14H23F3N4O2S/c15-14(16,17)11-21-12(20-5-8-23-9-6-20)18-19-13(21)24-10-4-2-1-3-7-22/h22H,1-11H2. The fourth-order valence-corrected chi connectivity index (χ4v) is 3.37. The van der Waals surface area contributed by atoms with Crippen LogP contribution in [-0.4, -0.2) is 64.7 Å². The molecule has 1 aromatic heterocycles. The third-order valence-corrected chi connectivity index (χ3v) is 4.67. The Bertz CT molecular complexity index is 493. The van der Waals surface area contributed by atoms with Crippen molar-refractivity contribution in [1.29, 1.82) is 0 Å². The van der Waals surface area contributed by atoms with E-state index in [1.165, 1.54) is 11.8 Å². The van der Waals surface area contributed by atoms with Gasteiger partial charge in [-0.1, -0.05) is 24.6 Å². The predicted molar refractivity (Wildman–Crippen MR) is 85.4 cm³/mol. The fourth-order valence-electron chi connectivity index (χ4n) is 2.43. The number of alkyl halides is 3. The third-order valence-electron chi connectivity index (χ3n) is 3.61. The van der Waals surface area contributed by atoms with Crippen molar-refractivity contribution < 1.29 is 23.0 Å². The van der Waals surface area contributed by atoms with Crippen LogP contribution in [0.25, 0.3) is 0 Å². The summed E-state index contributed by atoms with van der Waals surface area (Å²) in [4.78, 5) is 1.79. The van der Waals surface area contributed by atoms with Gasteiger partial charge in [0.15, 0.2) is 5.16 Å². The second-order valence-electron chi connectivity index (χ2n) is 5.57. The number of aliphatic hydroxyl groups is 1. The molecule has 0 atom stereocenters. The molecule has 1 N–H and O–H groups in total. The van der Waals surface area contributed by atoms with E-state index in [2.05, 4.69) is 10.2 Å². The van der Waals surface area contributed by atoms with E-state index >= 15 is 0 Å². The van der Waals surface area contributed by atoms with Crippen LogP contribution in [0, 0.1) is 0 Å². The van der Waals surface area contributed by atoms with Crippen molar-refractivity contribution in [1.82, 2.24) is 14.8 Å². The Kier molecular flexibility index (Phi) is 7.63. The van der Waals surface area contributed by atoms with Gasteiger partial charge < -0.3 is 14.7 Å². The summed E-state index contributed by atoms with van der Waals surface area (Å²) in [6.45, 7) is 1.08. The van der Waals surface area contributed by atoms with Gasteiger partial charge in [0.25, 0.3) is 0 Å². The molecule has 0 bridgehead atoms. The smallest absolute Gasteiger partial charge is 0.396 e. The van der Waals surface area contributed by atoms with Crippen LogP contribution in [-0.2, 0) is 11.3 Å². The molecule has 10 heteroatoms. The molecule has 0 aliphatic carbocycles. The quantitative estimate of drug-likeness (QED) is 0.533.